The second kappa shape index (κ2) is 5.12. The molecule has 0 aliphatic heterocycles. The van der Waals surface area contributed by atoms with E-state index in [0.717, 1.165) is 5.57 Å². The van der Waals surface area contributed by atoms with E-state index in [1.165, 1.54) is 4.31 Å². The molecule has 0 aliphatic rings. The lowest BCUT2D eigenvalue weighted by Crippen LogP contribution is -2.29. The predicted molar refractivity (Wildman–Crippen MR) is 75.0 cm³/mol. The Morgan fingerprint density at radius 3 is 2.44 bits per heavy atom. The largest absolute Gasteiger partial charge is 0.398 e. The van der Waals surface area contributed by atoms with Crippen LogP contribution in [0.5, 0.6) is 0 Å². The number of nitrogens with two attached hydrogens (primary N) is 1. The first kappa shape index (κ1) is 14.7. The average Bonchev–Trinajstić information content (AvgIpc) is 2.22. The van der Waals surface area contributed by atoms with Crippen LogP contribution in [0.3, 0.4) is 0 Å². The van der Waals surface area contributed by atoms with Crippen molar-refractivity contribution < 1.29 is 8.42 Å². The molecule has 0 aliphatic carbocycles. The Balaban J connectivity index is 3.37. The summed E-state index contributed by atoms with van der Waals surface area (Å²) in [5.74, 6) is 0. The minimum absolute atomic E-state index is 0.297. The van der Waals surface area contributed by atoms with E-state index >= 15 is 0 Å². The van der Waals surface area contributed by atoms with Crippen molar-refractivity contribution in [3.63, 3.8) is 0 Å². The number of sulfonamides is 1. The highest BCUT2D eigenvalue weighted by atomic mass is 32.2. The molecule has 0 spiro atoms. The van der Waals surface area contributed by atoms with Gasteiger partial charge in [-0.3, -0.25) is 0 Å². The van der Waals surface area contributed by atoms with Crippen LogP contribution in [0.25, 0.3) is 0 Å². The minimum Gasteiger partial charge on any atom is -0.398 e. The molecule has 18 heavy (non-hydrogen) atoms. The SMILES string of the molecule is C=C(C)CN(C)S(=O)(=O)c1c(C)ccc(N)c1C. The standard InChI is InChI=1S/C13H20N2O2S/c1-9(2)8-15(5)18(16,17)13-10(3)6-7-12(14)11(13)4/h6-7H,1,8,14H2,2-5H3. The third-order valence-electron chi connectivity index (χ3n) is 2.81. The van der Waals surface area contributed by atoms with Crippen molar-refractivity contribution in [2.75, 3.05) is 19.3 Å². The van der Waals surface area contributed by atoms with Crippen molar-refractivity contribution in [3.05, 3.63) is 35.4 Å². The molecule has 1 aromatic rings. The smallest absolute Gasteiger partial charge is 0.243 e. The fourth-order valence-electron chi connectivity index (χ4n) is 1.86. The number of likely N-dealkylation sites (N-methyl/N-ethyl adjacent to an activating group) is 1. The molecule has 0 saturated heterocycles. The number of nitrogens with zero attached hydrogens (tertiary/aromatic N) is 1. The van der Waals surface area contributed by atoms with Gasteiger partial charge < -0.3 is 5.73 Å². The zero-order chi connectivity index (χ0) is 14.1. The van der Waals surface area contributed by atoms with Gasteiger partial charge in [0, 0.05) is 19.3 Å². The van der Waals surface area contributed by atoms with Gasteiger partial charge in [0.05, 0.1) is 4.90 Å². The van der Waals surface area contributed by atoms with E-state index in [1.54, 1.807) is 40.0 Å². The van der Waals surface area contributed by atoms with Crippen molar-refractivity contribution in [2.24, 2.45) is 0 Å². The van der Waals surface area contributed by atoms with E-state index in [0.29, 0.717) is 28.3 Å². The molecule has 0 saturated carbocycles. The van der Waals surface area contributed by atoms with Gasteiger partial charge in [-0.25, -0.2) is 8.42 Å². The van der Waals surface area contributed by atoms with Gasteiger partial charge in [0.2, 0.25) is 10.0 Å². The van der Waals surface area contributed by atoms with Gasteiger partial charge in [-0.1, -0.05) is 18.2 Å². The minimum atomic E-state index is -3.53. The maximum atomic E-state index is 12.5. The lowest BCUT2D eigenvalue weighted by Gasteiger charge is -2.20. The highest BCUT2D eigenvalue weighted by molar-refractivity contribution is 7.89. The van der Waals surface area contributed by atoms with Gasteiger partial charge in [0.25, 0.3) is 0 Å². The van der Waals surface area contributed by atoms with E-state index in [4.69, 9.17) is 5.73 Å². The van der Waals surface area contributed by atoms with Crippen LogP contribution in [0.1, 0.15) is 18.1 Å². The highest BCUT2D eigenvalue weighted by Crippen LogP contribution is 2.27. The topological polar surface area (TPSA) is 63.4 Å². The highest BCUT2D eigenvalue weighted by Gasteiger charge is 2.25. The molecule has 0 amide bonds. The van der Waals surface area contributed by atoms with E-state index in [2.05, 4.69) is 6.58 Å². The van der Waals surface area contributed by atoms with Crippen LogP contribution in [0.4, 0.5) is 5.69 Å². The second-order valence-electron chi connectivity index (χ2n) is 4.64. The molecule has 0 bridgehead atoms. The summed E-state index contributed by atoms with van der Waals surface area (Å²) in [5.41, 5.74) is 8.37. The fraction of sp³-hybridized carbons (Fsp3) is 0.385. The number of anilines is 1. The zero-order valence-electron chi connectivity index (χ0n) is 11.3. The summed E-state index contributed by atoms with van der Waals surface area (Å²) < 4.78 is 26.3. The normalized spacial score (nSPS) is 11.8. The van der Waals surface area contributed by atoms with Crippen molar-refractivity contribution in [2.45, 2.75) is 25.7 Å². The summed E-state index contributed by atoms with van der Waals surface area (Å²) in [6.07, 6.45) is 0. The van der Waals surface area contributed by atoms with Crippen LogP contribution in [-0.4, -0.2) is 26.3 Å². The molecule has 0 aromatic heterocycles. The molecule has 0 unspecified atom stereocenters. The lowest BCUT2D eigenvalue weighted by molar-refractivity contribution is 0.492. The van der Waals surface area contributed by atoms with E-state index in [-0.39, 0.29) is 0 Å². The number of nitrogen functional groups attached to an aromatic ring is 1. The van der Waals surface area contributed by atoms with Gasteiger partial charge in [-0.2, -0.15) is 4.31 Å². The molecule has 0 atom stereocenters. The molecular formula is C13H20N2O2S. The van der Waals surface area contributed by atoms with Crippen LogP contribution >= 0.6 is 0 Å². The first-order chi connectivity index (χ1) is 8.17. The number of benzene rings is 1. The molecule has 0 fully saturated rings. The molecule has 0 radical (unpaired) electrons. The second-order valence-corrected chi connectivity index (χ2v) is 6.63. The van der Waals surface area contributed by atoms with Crippen molar-refractivity contribution in [3.8, 4) is 0 Å². The number of rotatable bonds is 4. The maximum Gasteiger partial charge on any atom is 0.243 e. The van der Waals surface area contributed by atoms with Gasteiger partial charge >= 0.3 is 0 Å². The lowest BCUT2D eigenvalue weighted by atomic mass is 10.1. The number of hydrogen-bond acceptors (Lipinski definition) is 3. The number of hydrogen-bond donors (Lipinski definition) is 1. The first-order valence-corrected chi connectivity index (χ1v) is 7.08. The van der Waals surface area contributed by atoms with Crippen molar-refractivity contribution >= 4 is 15.7 Å². The van der Waals surface area contributed by atoms with Crippen molar-refractivity contribution in [1.29, 1.82) is 0 Å². The molecular weight excluding hydrogens is 248 g/mol. The van der Waals surface area contributed by atoms with Crippen molar-refractivity contribution in [1.82, 2.24) is 4.31 Å². The third-order valence-corrected chi connectivity index (χ3v) is 4.90. The number of aryl methyl sites for hydroxylation is 1. The molecule has 0 heterocycles. The Bertz CT molecular complexity index is 577. The first-order valence-electron chi connectivity index (χ1n) is 5.64. The molecule has 2 N–H and O–H groups in total. The summed E-state index contributed by atoms with van der Waals surface area (Å²) in [6, 6.07) is 3.45. The Hall–Kier alpha value is -1.33. The average molecular weight is 268 g/mol. The van der Waals surface area contributed by atoms with Crippen LogP contribution in [0.15, 0.2) is 29.2 Å². The molecule has 100 valence electrons. The summed E-state index contributed by atoms with van der Waals surface area (Å²) >= 11 is 0. The van der Waals surface area contributed by atoms with Crippen LogP contribution < -0.4 is 5.73 Å². The Kier molecular flexibility index (Phi) is 4.19. The summed E-state index contributed by atoms with van der Waals surface area (Å²) in [6.45, 7) is 9.33. The van der Waals surface area contributed by atoms with Gasteiger partial charge in [-0.15, -0.1) is 0 Å². The Morgan fingerprint density at radius 1 is 1.39 bits per heavy atom. The van der Waals surface area contributed by atoms with Gasteiger partial charge in [0.1, 0.15) is 0 Å². The zero-order valence-corrected chi connectivity index (χ0v) is 12.1. The summed E-state index contributed by atoms with van der Waals surface area (Å²) in [5, 5.41) is 0. The van der Waals surface area contributed by atoms with E-state index in [9.17, 15) is 8.42 Å². The van der Waals surface area contributed by atoms with Gasteiger partial charge in [-0.05, 0) is 38.0 Å². The van der Waals surface area contributed by atoms with Crippen LogP contribution in [-0.2, 0) is 10.0 Å². The molecule has 1 aromatic carbocycles. The van der Waals surface area contributed by atoms with Gasteiger partial charge in [0.15, 0.2) is 0 Å². The van der Waals surface area contributed by atoms with Crippen LogP contribution in [0, 0.1) is 13.8 Å². The third kappa shape index (κ3) is 2.73. The Morgan fingerprint density at radius 2 is 1.94 bits per heavy atom. The molecule has 5 heteroatoms. The fourth-order valence-corrected chi connectivity index (χ4v) is 3.54. The quantitative estimate of drug-likeness (QED) is 0.671. The Labute approximate surface area is 109 Å². The van der Waals surface area contributed by atoms with Crippen LogP contribution in [0.2, 0.25) is 0 Å². The predicted octanol–water partition coefficient (Wildman–Crippen LogP) is 2.08. The maximum absolute atomic E-state index is 12.5. The monoisotopic (exact) mass is 268 g/mol. The molecule has 4 nitrogen and oxygen atoms in total. The van der Waals surface area contributed by atoms with E-state index in [1.807, 2.05) is 0 Å². The summed E-state index contributed by atoms with van der Waals surface area (Å²) in [4.78, 5) is 0.297. The molecule has 1 rings (SSSR count). The summed E-state index contributed by atoms with van der Waals surface area (Å²) in [7, 11) is -1.98. The van der Waals surface area contributed by atoms with E-state index < -0.39 is 10.0 Å².